The van der Waals surface area contributed by atoms with Gasteiger partial charge in [-0.15, -0.1) is 0 Å². The molecule has 1 heterocycles. The van der Waals surface area contributed by atoms with Gasteiger partial charge in [-0.2, -0.15) is 0 Å². The topological polar surface area (TPSA) is 114 Å². The summed E-state index contributed by atoms with van der Waals surface area (Å²) in [4.78, 5) is 30.5. The average molecular weight is 522 g/mol. The number of benzene rings is 2. The zero-order valence-electron chi connectivity index (χ0n) is 20.6. The maximum absolute atomic E-state index is 14.5. The normalized spacial score (nSPS) is 15.1. The molecule has 196 valence electrons. The first kappa shape index (κ1) is 27.6. The highest BCUT2D eigenvalue weighted by atomic mass is 32.2. The monoisotopic (exact) mass is 521 g/mol. The predicted molar refractivity (Wildman–Crippen MR) is 131 cm³/mol. The van der Waals surface area contributed by atoms with Crippen LogP contribution in [-0.4, -0.2) is 50.2 Å². The second-order valence-corrected chi connectivity index (χ2v) is 11.4. The summed E-state index contributed by atoms with van der Waals surface area (Å²) in [6, 6.07) is 12.7. The van der Waals surface area contributed by atoms with E-state index in [1.165, 1.54) is 30.3 Å². The van der Waals surface area contributed by atoms with Gasteiger partial charge in [-0.1, -0.05) is 36.4 Å². The molecule has 1 aliphatic rings. The molecule has 0 bridgehead atoms. The lowest BCUT2D eigenvalue weighted by Crippen LogP contribution is -2.49. The number of carbonyl (C=O) groups is 2. The maximum Gasteiger partial charge on any atom is 0.408 e. The quantitative estimate of drug-likeness (QED) is 0.460. The van der Waals surface area contributed by atoms with Crippen molar-refractivity contribution < 1.29 is 32.0 Å². The molecule has 3 rings (SSSR count). The van der Waals surface area contributed by atoms with Crippen LogP contribution in [0.3, 0.4) is 0 Å². The highest BCUT2D eigenvalue weighted by molar-refractivity contribution is 7.89. The summed E-state index contributed by atoms with van der Waals surface area (Å²) >= 11 is 0. The number of nitrogens with one attached hydrogen (secondary N) is 2. The minimum Gasteiger partial charge on any atom is -0.444 e. The Bertz CT molecular complexity index is 1150. The van der Waals surface area contributed by atoms with Gasteiger partial charge in [0.05, 0.1) is 17.5 Å². The summed E-state index contributed by atoms with van der Waals surface area (Å²) < 4.78 is 46.7. The summed E-state index contributed by atoms with van der Waals surface area (Å²) in [5, 5.41) is 5.66. The van der Waals surface area contributed by atoms with Gasteiger partial charge in [-0.3, -0.25) is 4.79 Å². The molecule has 0 aromatic heterocycles. The van der Waals surface area contributed by atoms with Crippen LogP contribution >= 0.6 is 0 Å². The number of nitrogens with zero attached hydrogens (tertiary/aromatic N) is 1. The van der Waals surface area contributed by atoms with Crippen molar-refractivity contribution in [3.8, 4) is 0 Å². The molecule has 9 nitrogen and oxygen atoms in total. The van der Waals surface area contributed by atoms with E-state index in [9.17, 15) is 22.4 Å². The number of ether oxygens (including phenoxy) is 1. The molecule has 2 aromatic carbocycles. The molecule has 1 unspecified atom stereocenters. The van der Waals surface area contributed by atoms with Gasteiger partial charge in [0.1, 0.15) is 11.4 Å². The number of alkyl carbamates (subject to hydrolysis) is 1. The number of sulfonamides is 1. The lowest BCUT2D eigenvalue weighted by atomic mass is 10.0. The molecule has 1 fully saturated rings. The van der Waals surface area contributed by atoms with Crippen molar-refractivity contribution in [2.75, 3.05) is 19.6 Å². The van der Waals surface area contributed by atoms with E-state index < -0.39 is 39.5 Å². The van der Waals surface area contributed by atoms with E-state index in [2.05, 4.69) is 10.6 Å². The van der Waals surface area contributed by atoms with Crippen LogP contribution in [0.4, 0.5) is 9.18 Å². The third kappa shape index (κ3) is 7.74. The molecule has 0 aliphatic carbocycles. The number of hydrogen-bond acceptors (Lipinski definition) is 7. The number of amides is 1. The van der Waals surface area contributed by atoms with Crippen molar-refractivity contribution in [1.29, 1.82) is 0 Å². The number of halogens is 1. The Morgan fingerprint density at radius 3 is 2.33 bits per heavy atom. The fraction of sp³-hybridized carbons (Fsp3) is 0.440. The van der Waals surface area contributed by atoms with Gasteiger partial charge < -0.3 is 20.2 Å². The molecule has 1 saturated heterocycles. The van der Waals surface area contributed by atoms with Crippen LogP contribution in [0.15, 0.2) is 59.5 Å². The van der Waals surface area contributed by atoms with Crippen molar-refractivity contribution >= 4 is 22.1 Å². The zero-order chi connectivity index (χ0) is 26.3. The Kier molecular flexibility index (Phi) is 9.04. The van der Waals surface area contributed by atoms with Crippen molar-refractivity contribution in [2.45, 2.75) is 50.2 Å². The SMILES string of the molecule is CC(C)(C)OC(=O)NC(CCC(=O)ON(CC1CNC1)S(=O)(=O)c1ccccc1)c1ccccc1F. The number of carbonyl (C=O) groups excluding carboxylic acids is 2. The van der Waals surface area contributed by atoms with Gasteiger partial charge in [0.25, 0.3) is 10.0 Å². The van der Waals surface area contributed by atoms with Crippen molar-refractivity contribution in [3.63, 3.8) is 0 Å². The first-order chi connectivity index (χ1) is 17.0. The Morgan fingerprint density at radius 1 is 1.11 bits per heavy atom. The lowest BCUT2D eigenvalue weighted by molar-refractivity contribution is -0.171. The molecule has 36 heavy (non-hydrogen) atoms. The van der Waals surface area contributed by atoms with Crippen LogP contribution < -0.4 is 10.6 Å². The number of hydroxylamine groups is 1. The summed E-state index contributed by atoms with van der Waals surface area (Å²) in [6.07, 6.45) is -1.09. The zero-order valence-corrected chi connectivity index (χ0v) is 21.4. The van der Waals surface area contributed by atoms with Crippen molar-refractivity contribution in [2.24, 2.45) is 5.92 Å². The molecule has 1 aliphatic heterocycles. The molecule has 11 heteroatoms. The average Bonchev–Trinajstić information content (AvgIpc) is 2.78. The summed E-state index contributed by atoms with van der Waals surface area (Å²) in [5.74, 6) is -1.39. The largest absolute Gasteiger partial charge is 0.444 e. The lowest BCUT2D eigenvalue weighted by Gasteiger charge is -2.31. The molecule has 1 amide bonds. The van der Waals surface area contributed by atoms with Crippen LogP contribution in [0.2, 0.25) is 0 Å². The van der Waals surface area contributed by atoms with Crippen LogP contribution in [0.1, 0.15) is 45.2 Å². The van der Waals surface area contributed by atoms with Crippen molar-refractivity contribution in [1.82, 2.24) is 15.1 Å². The number of hydrogen-bond donors (Lipinski definition) is 2. The summed E-state index contributed by atoms with van der Waals surface area (Å²) in [7, 11) is -4.09. The van der Waals surface area contributed by atoms with Gasteiger partial charge >= 0.3 is 12.1 Å². The Hall–Kier alpha value is -3.02. The van der Waals surface area contributed by atoms with Crippen LogP contribution in [0.25, 0.3) is 0 Å². The van der Waals surface area contributed by atoms with Gasteiger partial charge in [0.2, 0.25) is 0 Å². The highest BCUT2D eigenvalue weighted by Crippen LogP contribution is 2.24. The minimum atomic E-state index is -4.09. The molecule has 2 N–H and O–H groups in total. The third-order valence-corrected chi connectivity index (χ3v) is 7.02. The smallest absolute Gasteiger partial charge is 0.408 e. The molecule has 1 atom stereocenters. The Balaban J connectivity index is 1.72. The van der Waals surface area contributed by atoms with Gasteiger partial charge in [0.15, 0.2) is 0 Å². The summed E-state index contributed by atoms with van der Waals surface area (Å²) in [5.41, 5.74) is -0.601. The van der Waals surface area contributed by atoms with E-state index in [4.69, 9.17) is 9.57 Å². The van der Waals surface area contributed by atoms with E-state index in [1.54, 1.807) is 45.0 Å². The van der Waals surface area contributed by atoms with Gasteiger partial charge in [-0.05, 0) is 49.9 Å². The first-order valence-electron chi connectivity index (χ1n) is 11.7. The van der Waals surface area contributed by atoms with Gasteiger partial charge in [-0.25, -0.2) is 17.6 Å². The third-order valence-electron chi connectivity index (χ3n) is 5.39. The molecule has 0 spiro atoms. The predicted octanol–water partition coefficient (Wildman–Crippen LogP) is 3.54. The Morgan fingerprint density at radius 2 is 1.75 bits per heavy atom. The van der Waals surface area contributed by atoms with E-state index in [0.29, 0.717) is 13.1 Å². The van der Waals surface area contributed by atoms with Crippen molar-refractivity contribution in [3.05, 3.63) is 66.0 Å². The molecular formula is C25H32FN3O6S. The fourth-order valence-corrected chi connectivity index (χ4v) is 4.84. The first-order valence-corrected chi connectivity index (χ1v) is 13.1. The van der Waals surface area contributed by atoms with E-state index in [-0.39, 0.29) is 35.8 Å². The Labute approximate surface area is 211 Å². The van der Waals surface area contributed by atoms with E-state index >= 15 is 0 Å². The van der Waals surface area contributed by atoms with Crippen LogP contribution in [0.5, 0.6) is 0 Å². The van der Waals surface area contributed by atoms with E-state index in [1.807, 2.05) is 0 Å². The van der Waals surface area contributed by atoms with Gasteiger partial charge in [0, 0.05) is 31.0 Å². The molecular weight excluding hydrogens is 489 g/mol. The second kappa shape index (κ2) is 11.8. The standard InChI is InChI=1S/C25H32FN3O6S/c1-25(2,3)34-24(31)28-22(20-11-7-8-12-21(20)26)13-14-23(30)35-29(17-18-15-27-16-18)36(32,33)19-9-5-4-6-10-19/h4-12,18,22,27H,13-17H2,1-3H3,(H,28,31). The maximum atomic E-state index is 14.5. The molecule has 0 saturated carbocycles. The minimum absolute atomic E-state index is 0.000841. The molecule has 0 radical (unpaired) electrons. The number of rotatable bonds is 10. The van der Waals surface area contributed by atoms with E-state index in [0.717, 1.165) is 4.47 Å². The summed E-state index contributed by atoms with van der Waals surface area (Å²) in [6.45, 7) is 6.30. The second-order valence-electron chi connectivity index (χ2n) is 9.55. The van der Waals surface area contributed by atoms with Crippen LogP contribution in [-0.2, 0) is 24.4 Å². The van der Waals surface area contributed by atoms with Crippen LogP contribution in [0, 0.1) is 11.7 Å². The highest BCUT2D eigenvalue weighted by Gasteiger charge is 2.33. The molecule has 2 aromatic rings. The fourth-order valence-electron chi connectivity index (χ4n) is 3.52.